The molecule has 0 aliphatic carbocycles. The minimum Gasteiger partial charge on any atom is -0.459 e. The molecule has 0 amide bonds. The maximum absolute atomic E-state index is 12.6. The van der Waals surface area contributed by atoms with Gasteiger partial charge in [-0.05, 0) is 30.5 Å². The summed E-state index contributed by atoms with van der Waals surface area (Å²) in [5.74, 6) is 0.135. The van der Waals surface area contributed by atoms with E-state index in [9.17, 15) is 13.7 Å². The van der Waals surface area contributed by atoms with Gasteiger partial charge in [0.2, 0.25) is 16.6 Å². The summed E-state index contributed by atoms with van der Waals surface area (Å²) >= 11 is 6.81. The van der Waals surface area contributed by atoms with Gasteiger partial charge in [0.15, 0.2) is 5.25 Å². The number of nitrogens with zero attached hydrogens (tertiary/aromatic N) is 2. The highest BCUT2D eigenvalue weighted by Gasteiger charge is 2.32. The third-order valence-electron chi connectivity index (χ3n) is 2.68. The zero-order valence-electron chi connectivity index (χ0n) is 11.4. The van der Waals surface area contributed by atoms with Crippen LogP contribution in [0, 0.1) is 11.3 Å². The molecule has 0 bridgehead atoms. The monoisotopic (exact) mass is 358 g/mol. The molecule has 0 saturated carbocycles. The lowest BCUT2D eigenvalue weighted by atomic mass is 10.4. The van der Waals surface area contributed by atoms with Crippen LogP contribution in [0.15, 0.2) is 46.3 Å². The Morgan fingerprint density at radius 3 is 2.64 bits per heavy atom. The van der Waals surface area contributed by atoms with Gasteiger partial charge in [0.25, 0.3) is 5.88 Å². The fraction of sp³-hybridized carbons (Fsp3) is 0.231. The van der Waals surface area contributed by atoms with E-state index in [0.717, 1.165) is 11.8 Å². The largest absolute Gasteiger partial charge is 0.459 e. The average Bonchev–Trinajstić information content (AvgIpc) is 3.00. The molecule has 0 fully saturated rings. The Morgan fingerprint density at radius 2 is 2.14 bits per heavy atom. The molecule has 1 aromatic carbocycles. The van der Waals surface area contributed by atoms with Gasteiger partial charge in [-0.25, -0.2) is 13.4 Å². The van der Waals surface area contributed by atoms with Crippen LogP contribution in [0.3, 0.4) is 0 Å². The minimum atomic E-state index is -3.92. The van der Waals surface area contributed by atoms with Gasteiger partial charge in [-0.2, -0.15) is 5.26 Å². The Bertz CT molecular complexity index is 751. The number of hydrogen-bond donors (Lipinski definition) is 0. The van der Waals surface area contributed by atoms with Crippen LogP contribution in [-0.4, -0.2) is 31.8 Å². The quantitative estimate of drug-likeness (QED) is 0.607. The SMILES string of the molecule is CSC(=NC1=COCO1)C(C#N)S(=O)(=O)c1ccc(Cl)cc1. The molecular weight excluding hydrogens is 348 g/mol. The van der Waals surface area contributed by atoms with Crippen molar-refractivity contribution in [2.75, 3.05) is 13.0 Å². The van der Waals surface area contributed by atoms with E-state index < -0.39 is 15.1 Å². The summed E-state index contributed by atoms with van der Waals surface area (Å²) in [6, 6.07) is 7.40. The minimum absolute atomic E-state index is 0.00256. The van der Waals surface area contributed by atoms with Gasteiger partial charge < -0.3 is 9.47 Å². The third-order valence-corrected chi connectivity index (χ3v) is 5.71. The fourth-order valence-electron chi connectivity index (χ4n) is 1.63. The van der Waals surface area contributed by atoms with Gasteiger partial charge in [0.05, 0.1) is 11.0 Å². The van der Waals surface area contributed by atoms with E-state index in [1.165, 1.54) is 30.5 Å². The standard InChI is InChI=1S/C13H11ClN2O4S2/c1-21-13(16-12-7-19-8-20-12)11(6-15)22(17,18)10-4-2-9(14)3-5-10/h2-5,7,11H,8H2,1H3. The van der Waals surface area contributed by atoms with Gasteiger partial charge in [0.1, 0.15) is 11.3 Å². The van der Waals surface area contributed by atoms with Gasteiger partial charge >= 0.3 is 0 Å². The molecule has 0 saturated heterocycles. The number of halogens is 1. The first-order valence-corrected chi connectivity index (χ1v) is 9.10. The molecule has 9 heteroatoms. The third kappa shape index (κ3) is 3.55. The Balaban J connectivity index is 2.41. The molecule has 2 rings (SSSR count). The average molecular weight is 359 g/mol. The molecule has 6 nitrogen and oxygen atoms in total. The Morgan fingerprint density at radius 1 is 1.45 bits per heavy atom. The van der Waals surface area contributed by atoms with Crippen molar-refractivity contribution in [1.29, 1.82) is 5.26 Å². The summed E-state index contributed by atoms with van der Waals surface area (Å²) in [6.07, 6.45) is 2.90. The van der Waals surface area contributed by atoms with Gasteiger partial charge in [-0.15, -0.1) is 11.8 Å². The van der Waals surface area contributed by atoms with Crippen LogP contribution in [0.25, 0.3) is 0 Å². The van der Waals surface area contributed by atoms with E-state index in [1.807, 2.05) is 0 Å². The molecule has 1 aliphatic rings. The first kappa shape index (κ1) is 16.7. The molecule has 0 N–H and O–H groups in total. The second-order valence-electron chi connectivity index (χ2n) is 4.05. The molecule has 1 unspecified atom stereocenters. The number of hydrogen-bond acceptors (Lipinski definition) is 7. The van der Waals surface area contributed by atoms with Crippen LogP contribution in [0.4, 0.5) is 0 Å². The summed E-state index contributed by atoms with van der Waals surface area (Å²) in [7, 11) is -3.92. The van der Waals surface area contributed by atoms with Crippen LogP contribution in [0.2, 0.25) is 5.02 Å². The highest BCUT2D eigenvalue weighted by molar-refractivity contribution is 8.15. The summed E-state index contributed by atoms with van der Waals surface area (Å²) < 4.78 is 35.1. The predicted molar refractivity (Wildman–Crippen MR) is 84.1 cm³/mol. The highest BCUT2D eigenvalue weighted by atomic mass is 35.5. The van der Waals surface area contributed by atoms with Gasteiger partial charge in [-0.1, -0.05) is 11.6 Å². The number of sulfone groups is 1. The van der Waals surface area contributed by atoms with Crippen LogP contribution in [-0.2, 0) is 19.3 Å². The Kier molecular flexibility index (Phi) is 5.34. The molecule has 1 atom stereocenters. The first-order chi connectivity index (χ1) is 10.5. The molecular formula is C13H11ClN2O4S2. The van der Waals surface area contributed by atoms with Crippen LogP contribution >= 0.6 is 23.4 Å². The van der Waals surface area contributed by atoms with Crippen LogP contribution in [0.1, 0.15) is 0 Å². The lowest BCUT2D eigenvalue weighted by molar-refractivity contribution is 0.0802. The highest BCUT2D eigenvalue weighted by Crippen LogP contribution is 2.23. The zero-order valence-corrected chi connectivity index (χ0v) is 13.8. The molecule has 22 heavy (non-hydrogen) atoms. The Hall–Kier alpha value is -1.69. The van der Waals surface area contributed by atoms with Crippen molar-refractivity contribution < 1.29 is 17.9 Å². The molecule has 1 heterocycles. The van der Waals surface area contributed by atoms with Crippen molar-refractivity contribution >= 4 is 38.2 Å². The topological polar surface area (TPSA) is 88.8 Å². The van der Waals surface area contributed by atoms with E-state index in [0.29, 0.717) is 5.02 Å². The molecule has 116 valence electrons. The summed E-state index contributed by atoms with van der Waals surface area (Å²) in [4.78, 5) is 4.04. The molecule has 1 aliphatic heterocycles. The smallest absolute Gasteiger partial charge is 0.253 e. The van der Waals surface area contributed by atoms with E-state index in [1.54, 1.807) is 12.3 Å². The van der Waals surface area contributed by atoms with Crippen molar-refractivity contribution in [3.63, 3.8) is 0 Å². The second kappa shape index (κ2) is 7.05. The zero-order chi connectivity index (χ0) is 16.2. The summed E-state index contributed by atoms with van der Waals surface area (Å²) in [5, 5.41) is 8.39. The Labute approximate surface area is 137 Å². The maximum Gasteiger partial charge on any atom is 0.253 e. The van der Waals surface area contributed by atoms with Crippen molar-refractivity contribution in [2.24, 2.45) is 4.99 Å². The number of thioether (sulfide) groups is 1. The number of aliphatic imine (C=N–C) groups is 1. The summed E-state index contributed by atoms with van der Waals surface area (Å²) in [5.41, 5.74) is 0. The number of ether oxygens (including phenoxy) is 2. The first-order valence-electron chi connectivity index (χ1n) is 5.95. The fourth-order valence-corrected chi connectivity index (χ4v) is 4.12. The van der Waals surface area contributed by atoms with E-state index in [4.69, 9.17) is 21.1 Å². The van der Waals surface area contributed by atoms with E-state index >= 15 is 0 Å². The number of nitriles is 1. The predicted octanol–water partition coefficient (Wildman–Crippen LogP) is 2.57. The lowest BCUT2D eigenvalue weighted by Gasteiger charge is -2.12. The van der Waals surface area contributed by atoms with Crippen molar-refractivity contribution in [2.45, 2.75) is 10.1 Å². The lowest BCUT2D eigenvalue weighted by Crippen LogP contribution is -2.27. The molecule has 1 aromatic rings. The summed E-state index contributed by atoms with van der Waals surface area (Å²) in [6.45, 7) is 0.0155. The van der Waals surface area contributed by atoms with Crippen molar-refractivity contribution in [3.05, 3.63) is 41.4 Å². The molecule has 0 aromatic heterocycles. The van der Waals surface area contributed by atoms with Crippen molar-refractivity contribution in [1.82, 2.24) is 0 Å². The molecule has 0 spiro atoms. The van der Waals surface area contributed by atoms with E-state index in [-0.39, 0.29) is 22.6 Å². The number of benzene rings is 1. The van der Waals surface area contributed by atoms with Gasteiger partial charge in [-0.3, -0.25) is 0 Å². The molecule has 0 radical (unpaired) electrons. The van der Waals surface area contributed by atoms with Crippen LogP contribution < -0.4 is 0 Å². The maximum atomic E-state index is 12.6. The van der Waals surface area contributed by atoms with Gasteiger partial charge in [0, 0.05) is 5.02 Å². The van der Waals surface area contributed by atoms with E-state index in [2.05, 4.69) is 4.99 Å². The normalized spacial score (nSPS) is 16.2. The number of rotatable bonds is 4. The van der Waals surface area contributed by atoms with Crippen LogP contribution in [0.5, 0.6) is 0 Å². The second-order valence-corrected chi connectivity index (χ2v) is 7.34. The van der Waals surface area contributed by atoms with Crippen molar-refractivity contribution in [3.8, 4) is 6.07 Å².